The van der Waals surface area contributed by atoms with E-state index in [1.807, 2.05) is 18.2 Å². The Bertz CT molecular complexity index is 444. The summed E-state index contributed by atoms with van der Waals surface area (Å²) in [5.74, 6) is 0.0144. The Hall–Kier alpha value is -0.910. The second-order valence-electron chi connectivity index (χ2n) is 4.04. The lowest BCUT2D eigenvalue weighted by Gasteiger charge is -2.15. The predicted octanol–water partition coefficient (Wildman–Crippen LogP) is 0.583. The lowest BCUT2D eigenvalue weighted by molar-refractivity contribution is 0.189. The maximum absolute atomic E-state index is 12.0. The van der Waals surface area contributed by atoms with Crippen LogP contribution in [-0.4, -0.2) is 37.0 Å². The monoisotopic (exact) mass is 241 g/mol. The molecule has 0 aromatic heterocycles. The van der Waals surface area contributed by atoms with Gasteiger partial charge >= 0.3 is 0 Å². The van der Waals surface area contributed by atoms with Gasteiger partial charge in [-0.25, -0.2) is 8.42 Å². The third kappa shape index (κ3) is 2.61. The zero-order chi connectivity index (χ0) is 11.6. The number of aliphatic hydroxyl groups is 1. The molecule has 1 N–H and O–H groups in total. The van der Waals surface area contributed by atoms with Gasteiger partial charge in [-0.2, -0.15) is 4.31 Å². The van der Waals surface area contributed by atoms with Gasteiger partial charge in [-0.1, -0.05) is 30.3 Å². The Kier molecular flexibility index (Phi) is 3.28. The van der Waals surface area contributed by atoms with E-state index in [2.05, 4.69) is 0 Å². The molecule has 1 aliphatic heterocycles. The van der Waals surface area contributed by atoms with Crippen molar-refractivity contribution >= 4 is 10.0 Å². The summed E-state index contributed by atoms with van der Waals surface area (Å²) in [4.78, 5) is 0. The Morgan fingerprint density at radius 1 is 1.31 bits per heavy atom. The van der Waals surface area contributed by atoms with Gasteiger partial charge in [0, 0.05) is 13.1 Å². The molecule has 0 unspecified atom stereocenters. The zero-order valence-electron chi connectivity index (χ0n) is 8.91. The summed E-state index contributed by atoms with van der Waals surface area (Å²) < 4.78 is 25.3. The number of nitrogens with zero attached hydrogens (tertiary/aromatic N) is 1. The highest BCUT2D eigenvalue weighted by Crippen LogP contribution is 2.17. The number of benzene rings is 1. The highest BCUT2D eigenvalue weighted by Gasteiger charge is 2.30. The SMILES string of the molecule is O=S(=O)(Cc1ccccc1)N1CC[C@H](O)C1. The maximum Gasteiger partial charge on any atom is 0.218 e. The number of hydrogen-bond acceptors (Lipinski definition) is 3. The zero-order valence-corrected chi connectivity index (χ0v) is 9.73. The molecule has 1 saturated heterocycles. The van der Waals surface area contributed by atoms with Gasteiger partial charge < -0.3 is 5.11 Å². The molecule has 1 aromatic carbocycles. The molecule has 1 fully saturated rings. The maximum atomic E-state index is 12.0. The Labute approximate surface area is 95.6 Å². The van der Waals surface area contributed by atoms with Crippen LogP contribution in [0.25, 0.3) is 0 Å². The highest BCUT2D eigenvalue weighted by atomic mass is 32.2. The Morgan fingerprint density at radius 3 is 2.56 bits per heavy atom. The number of aliphatic hydroxyl groups excluding tert-OH is 1. The second kappa shape index (κ2) is 4.53. The molecule has 1 aliphatic rings. The normalized spacial score (nSPS) is 22.4. The number of sulfonamides is 1. The van der Waals surface area contributed by atoms with Crippen molar-refractivity contribution in [2.45, 2.75) is 18.3 Å². The van der Waals surface area contributed by atoms with Crippen molar-refractivity contribution in [3.63, 3.8) is 0 Å². The van der Waals surface area contributed by atoms with Crippen molar-refractivity contribution in [2.24, 2.45) is 0 Å². The van der Waals surface area contributed by atoms with Crippen LogP contribution in [0.3, 0.4) is 0 Å². The summed E-state index contributed by atoms with van der Waals surface area (Å²) in [5.41, 5.74) is 0.781. The van der Waals surface area contributed by atoms with E-state index in [-0.39, 0.29) is 12.3 Å². The van der Waals surface area contributed by atoms with Crippen molar-refractivity contribution in [1.29, 1.82) is 0 Å². The van der Waals surface area contributed by atoms with Crippen LogP contribution in [0.5, 0.6) is 0 Å². The fraction of sp³-hybridized carbons (Fsp3) is 0.455. The topological polar surface area (TPSA) is 57.6 Å². The number of β-amino-alcohol motifs (C(OH)–C–C–N with tert-alkyl or cyclic N) is 1. The minimum atomic E-state index is -3.27. The third-order valence-electron chi connectivity index (χ3n) is 2.71. The van der Waals surface area contributed by atoms with E-state index in [0.29, 0.717) is 13.0 Å². The van der Waals surface area contributed by atoms with E-state index in [0.717, 1.165) is 5.56 Å². The molecule has 16 heavy (non-hydrogen) atoms. The summed E-state index contributed by atoms with van der Waals surface area (Å²) in [5, 5.41) is 9.32. The molecule has 1 heterocycles. The van der Waals surface area contributed by atoms with Crippen LogP contribution < -0.4 is 0 Å². The van der Waals surface area contributed by atoms with Gasteiger partial charge in [0.1, 0.15) is 0 Å². The molecule has 0 amide bonds. The summed E-state index contributed by atoms with van der Waals surface area (Å²) >= 11 is 0. The van der Waals surface area contributed by atoms with Crippen molar-refractivity contribution in [2.75, 3.05) is 13.1 Å². The smallest absolute Gasteiger partial charge is 0.218 e. The van der Waals surface area contributed by atoms with Crippen molar-refractivity contribution in [3.8, 4) is 0 Å². The minimum Gasteiger partial charge on any atom is -0.392 e. The van der Waals surface area contributed by atoms with Crippen molar-refractivity contribution in [3.05, 3.63) is 35.9 Å². The molecule has 0 aliphatic carbocycles. The average Bonchev–Trinajstić information content (AvgIpc) is 2.66. The summed E-state index contributed by atoms with van der Waals surface area (Å²) in [6.45, 7) is 0.658. The van der Waals surface area contributed by atoms with Crippen molar-refractivity contribution < 1.29 is 13.5 Å². The lowest BCUT2D eigenvalue weighted by atomic mass is 10.2. The fourth-order valence-corrected chi connectivity index (χ4v) is 3.42. The van der Waals surface area contributed by atoms with E-state index in [1.54, 1.807) is 12.1 Å². The first kappa shape index (κ1) is 11.6. The van der Waals surface area contributed by atoms with E-state index < -0.39 is 16.1 Å². The highest BCUT2D eigenvalue weighted by molar-refractivity contribution is 7.88. The molecule has 1 aromatic rings. The molecule has 5 heteroatoms. The first-order valence-corrected chi connectivity index (χ1v) is 6.89. The first-order chi connectivity index (χ1) is 7.58. The van der Waals surface area contributed by atoms with E-state index in [1.165, 1.54) is 4.31 Å². The van der Waals surface area contributed by atoms with Crippen LogP contribution in [0.15, 0.2) is 30.3 Å². The molecule has 2 rings (SSSR count). The van der Waals surface area contributed by atoms with Gasteiger partial charge in [-0.3, -0.25) is 0 Å². The number of rotatable bonds is 3. The van der Waals surface area contributed by atoms with Gasteiger partial charge in [0.2, 0.25) is 10.0 Å². The third-order valence-corrected chi connectivity index (χ3v) is 4.53. The Morgan fingerprint density at radius 2 is 2.00 bits per heavy atom. The second-order valence-corrected chi connectivity index (χ2v) is 6.01. The van der Waals surface area contributed by atoms with Crippen LogP contribution in [0.1, 0.15) is 12.0 Å². The first-order valence-electron chi connectivity index (χ1n) is 5.28. The van der Waals surface area contributed by atoms with Gasteiger partial charge in [0.25, 0.3) is 0 Å². The molecule has 0 radical (unpaired) electrons. The molecular formula is C11H15NO3S. The molecular weight excluding hydrogens is 226 g/mol. The molecule has 4 nitrogen and oxygen atoms in total. The van der Waals surface area contributed by atoms with E-state index >= 15 is 0 Å². The largest absolute Gasteiger partial charge is 0.392 e. The average molecular weight is 241 g/mol. The molecule has 0 spiro atoms. The standard InChI is InChI=1S/C11H15NO3S/c13-11-6-7-12(8-11)16(14,15)9-10-4-2-1-3-5-10/h1-5,11,13H,6-9H2/t11-/m0/s1. The predicted molar refractivity (Wildman–Crippen MR) is 61.3 cm³/mol. The van der Waals surface area contributed by atoms with Crippen LogP contribution in [0.4, 0.5) is 0 Å². The van der Waals surface area contributed by atoms with Crippen molar-refractivity contribution in [1.82, 2.24) is 4.31 Å². The number of hydrogen-bond donors (Lipinski definition) is 1. The summed E-state index contributed by atoms with van der Waals surface area (Å²) in [6.07, 6.45) is 0.0270. The van der Waals surface area contributed by atoms with E-state index in [4.69, 9.17) is 0 Å². The van der Waals surface area contributed by atoms with E-state index in [9.17, 15) is 13.5 Å². The Balaban J connectivity index is 2.09. The summed E-state index contributed by atoms with van der Waals surface area (Å²) in [6, 6.07) is 9.09. The van der Waals surface area contributed by atoms with Crippen LogP contribution >= 0.6 is 0 Å². The van der Waals surface area contributed by atoms with Gasteiger partial charge in [-0.15, -0.1) is 0 Å². The molecule has 88 valence electrons. The minimum absolute atomic E-state index is 0.0144. The van der Waals surface area contributed by atoms with Crippen LogP contribution in [0, 0.1) is 0 Å². The molecule has 1 atom stereocenters. The fourth-order valence-electron chi connectivity index (χ4n) is 1.84. The van der Waals surface area contributed by atoms with Gasteiger partial charge in [-0.05, 0) is 12.0 Å². The van der Waals surface area contributed by atoms with Crippen LogP contribution in [0.2, 0.25) is 0 Å². The summed E-state index contributed by atoms with van der Waals surface area (Å²) in [7, 11) is -3.27. The quantitative estimate of drug-likeness (QED) is 0.842. The molecule has 0 bridgehead atoms. The van der Waals surface area contributed by atoms with Gasteiger partial charge in [0.15, 0.2) is 0 Å². The molecule has 0 saturated carbocycles. The van der Waals surface area contributed by atoms with Gasteiger partial charge in [0.05, 0.1) is 11.9 Å². The lowest BCUT2D eigenvalue weighted by Crippen LogP contribution is -2.30. The van der Waals surface area contributed by atoms with Crippen LogP contribution in [-0.2, 0) is 15.8 Å².